The molecule has 2 heterocycles. The first-order valence-corrected chi connectivity index (χ1v) is 16.2. The molecule has 0 spiro atoms. The first-order chi connectivity index (χ1) is 20.6. The summed E-state index contributed by atoms with van der Waals surface area (Å²) in [6.07, 6.45) is 2.62. The molecule has 8 nitrogen and oxygen atoms in total. The SMILES string of the molecule is CNC(=O)c1c(-c2ccc(F)cc2)oc2cc(N(c3ccc(B4OC(C)(C)C(C)(C)O4)cc3F)S(C)(=O)=O)c(C3CC3)cc12. The van der Waals surface area contributed by atoms with Gasteiger partial charge in [0.05, 0.1) is 34.4 Å². The largest absolute Gasteiger partial charge is 0.494 e. The van der Waals surface area contributed by atoms with Gasteiger partial charge in [-0.2, -0.15) is 0 Å². The summed E-state index contributed by atoms with van der Waals surface area (Å²) < 4.78 is 75.7. The Labute approximate surface area is 255 Å². The van der Waals surface area contributed by atoms with E-state index in [2.05, 4.69) is 5.32 Å². The second-order valence-corrected chi connectivity index (χ2v) is 14.2. The van der Waals surface area contributed by atoms with E-state index < -0.39 is 45.9 Å². The highest BCUT2D eigenvalue weighted by atomic mass is 32.2. The number of benzene rings is 3. The lowest BCUT2D eigenvalue weighted by Crippen LogP contribution is -2.41. The molecule has 0 atom stereocenters. The summed E-state index contributed by atoms with van der Waals surface area (Å²) >= 11 is 0. The number of halogens is 2. The Morgan fingerprint density at radius 1 is 0.955 bits per heavy atom. The van der Waals surface area contributed by atoms with Crippen LogP contribution in [0, 0.1) is 11.6 Å². The van der Waals surface area contributed by atoms with Crippen LogP contribution in [0.15, 0.2) is 59.0 Å². The number of fused-ring (bicyclic) bond motifs is 1. The monoisotopic (exact) mass is 622 g/mol. The molecule has 12 heteroatoms. The van der Waals surface area contributed by atoms with Gasteiger partial charge in [0.1, 0.15) is 23.0 Å². The Morgan fingerprint density at radius 2 is 1.59 bits per heavy atom. The van der Waals surface area contributed by atoms with Crippen molar-refractivity contribution in [2.75, 3.05) is 17.6 Å². The molecule has 1 aromatic heterocycles. The predicted molar refractivity (Wildman–Crippen MR) is 166 cm³/mol. The minimum absolute atomic E-state index is 0.00689. The number of sulfonamides is 1. The summed E-state index contributed by atoms with van der Waals surface area (Å²) in [7, 11) is -3.41. The molecule has 44 heavy (non-hydrogen) atoms. The van der Waals surface area contributed by atoms with E-state index >= 15 is 4.39 Å². The molecule has 1 aliphatic heterocycles. The topological polar surface area (TPSA) is 98.1 Å². The Morgan fingerprint density at radius 3 is 2.14 bits per heavy atom. The van der Waals surface area contributed by atoms with Gasteiger partial charge in [0.15, 0.2) is 0 Å². The Hall–Kier alpha value is -3.74. The zero-order valence-corrected chi connectivity index (χ0v) is 26.1. The predicted octanol–water partition coefficient (Wildman–Crippen LogP) is 6.01. The lowest BCUT2D eigenvalue weighted by Gasteiger charge is -2.32. The number of hydrogen-bond acceptors (Lipinski definition) is 6. The Kier molecular flexibility index (Phi) is 7.18. The van der Waals surface area contributed by atoms with Crippen LogP contribution < -0.4 is 15.1 Å². The fourth-order valence-electron chi connectivity index (χ4n) is 5.50. The molecule has 1 saturated heterocycles. The van der Waals surface area contributed by atoms with Crippen LogP contribution in [-0.4, -0.2) is 45.9 Å². The number of furan rings is 1. The molecule has 3 aromatic carbocycles. The van der Waals surface area contributed by atoms with Crippen molar-refractivity contribution in [3.05, 3.63) is 77.4 Å². The number of rotatable bonds is 7. The van der Waals surface area contributed by atoms with Gasteiger partial charge >= 0.3 is 7.12 Å². The average Bonchev–Trinajstić information content (AvgIpc) is 3.68. The third-order valence-corrected chi connectivity index (χ3v) is 9.74. The summed E-state index contributed by atoms with van der Waals surface area (Å²) in [6, 6.07) is 13.0. The summed E-state index contributed by atoms with van der Waals surface area (Å²) in [5, 5.41) is 3.10. The number of amides is 1. The minimum atomic E-state index is -4.07. The first kappa shape index (κ1) is 30.3. The molecule has 0 radical (unpaired) electrons. The van der Waals surface area contributed by atoms with E-state index in [0.717, 1.165) is 23.4 Å². The molecule has 6 rings (SSSR count). The van der Waals surface area contributed by atoms with Crippen LogP contribution in [0.4, 0.5) is 20.2 Å². The number of nitrogens with zero attached hydrogens (tertiary/aromatic N) is 1. The second kappa shape index (κ2) is 10.4. The zero-order valence-electron chi connectivity index (χ0n) is 25.3. The van der Waals surface area contributed by atoms with Crippen molar-refractivity contribution < 1.29 is 35.7 Å². The second-order valence-electron chi connectivity index (χ2n) is 12.4. The molecule has 0 unspecified atom stereocenters. The molecule has 2 aliphatic rings. The maximum Gasteiger partial charge on any atom is 0.494 e. The van der Waals surface area contributed by atoms with Gasteiger partial charge in [-0.1, -0.05) is 6.07 Å². The number of anilines is 2. The maximum absolute atomic E-state index is 16.0. The number of carbonyl (C=O) groups excluding carboxylic acids is 1. The van der Waals surface area contributed by atoms with E-state index in [0.29, 0.717) is 22.0 Å². The standard InChI is InChI=1S/C32H33BF2N2O6S/c1-31(2)32(3,4)43-33(42-31)20-11-14-25(24(35)15-20)37(44(6,39)40)26-17-27-23(16-22(26)18-7-8-18)28(30(38)36-5)29(41-27)19-9-12-21(34)13-10-19/h9-18H,7-8H2,1-6H3,(H,36,38). The van der Waals surface area contributed by atoms with Gasteiger partial charge in [0, 0.05) is 24.1 Å². The van der Waals surface area contributed by atoms with Crippen molar-refractivity contribution in [3.63, 3.8) is 0 Å². The smallest absolute Gasteiger partial charge is 0.455 e. The third-order valence-electron chi connectivity index (χ3n) is 8.68. The molecule has 1 amide bonds. The van der Waals surface area contributed by atoms with Gasteiger partial charge in [-0.15, -0.1) is 0 Å². The number of hydrogen-bond donors (Lipinski definition) is 1. The van der Waals surface area contributed by atoms with Crippen LogP contribution in [0.25, 0.3) is 22.3 Å². The van der Waals surface area contributed by atoms with Gasteiger partial charge in [0.25, 0.3) is 5.91 Å². The maximum atomic E-state index is 16.0. The highest BCUT2D eigenvalue weighted by molar-refractivity contribution is 7.92. The van der Waals surface area contributed by atoms with E-state index in [-0.39, 0.29) is 34.2 Å². The molecule has 1 saturated carbocycles. The van der Waals surface area contributed by atoms with Crippen LogP contribution >= 0.6 is 0 Å². The highest BCUT2D eigenvalue weighted by Crippen LogP contribution is 2.49. The molecule has 0 bridgehead atoms. The number of carbonyl (C=O) groups is 1. The summed E-state index contributed by atoms with van der Waals surface area (Å²) in [6.45, 7) is 7.57. The molecule has 230 valence electrons. The molecular formula is C32H33BF2N2O6S. The zero-order chi connectivity index (χ0) is 31.8. The van der Waals surface area contributed by atoms with Crippen LogP contribution in [0.3, 0.4) is 0 Å². The van der Waals surface area contributed by atoms with Gasteiger partial charge in [-0.05, 0) is 99.9 Å². The van der Waals surface area contributed by atoms with E-state index in [1.54, 1.807) is 12.1 Å². The van der Waals surface area contributed by atoms with E-state index in [9.17, 15) is 17.6 Å². The van der Waals surface area contributed by atoms with Crippen molar-refractivity contribution in [2.45, 2.75) is 57.7 Å². The summed E-state index contributed by atoms with van der Waals surface area (Å²) in [5.41, 5.74) is 0.790. The minimum Gasteiger partial charge on any atom is -0.455 e. The molecule has 1 aliphatic carbocycles. The number of nitrogens with one attached hydrogen (secondary N) is 1. The average molecular weight is 622 g/mol. The third kappa shape index (κ3) is 5.18. The van der Waals surface area contributed by atoms with E-state index in [1.807, 2.05) is 27.7 Å². The normalized spacial score (nSPS) is 17.7. The fourth-order valence-corrected chi connectivity index (χ4v) is 6.52. The van der Waals surface area contributed by atoms with Crippen molar-refractivity contribution in [2.24, 2.45) is 0 Å². The van der Waals surface area contributed by atoms with Gasteiger partial charge in [-0.25, -0.2) is 21.5 Å². The lowest BCUT2D eigenvalue weighted by atomic mass is 9.79. The van der Waals surface area contributed by atoms with Crippen molar-refractivity contribution >= 4 is 50.9 Å². The van der Waals surface area contributed by atoms with Gasteiger partial charge < -0.3 is 19.0 Å². The summed E-state index contributed by atoms with van der Waals surface area (Å²) in [5.74, 6) is -1.42. The molecule has 4 aromatic rings. The fraction of sp³-hybridized carbons (Fsp3) is 0.344. The van der Waals surface area contributed by atoms with Gasteiger partial charge in [-0.3, -0.25) is 4.79 Å². The van der Waals surface area contributed by atoms with Crippen LogP contribution in [-0.2, 0) is 19.3 Å². The van der Waals surface area contributed by atoms with Crippen molar-refractivity contribution in [3.8, 4) is 11.3 Å². The van der Waals surface area contributed by atoms with Crippen LogP contribution in [0.2, 0.25) is 0 Å². The van der Waals surface area contributed by atoms with Crippen molar-refractivity contribution in [1.29, 1.82) is 0 Å². The van der Waals surface area contributed by atoms with E-state index in [1.165, 1.54) is 49.5 Å². The van der Waals surface area contributed by atoms with Crippen LogP contribution in [0.5, 0.6) is 0 Å². The Bertz CT molecular complexity index is 1890. The molecule has 2 fully saturated rings. The van der Waals surface area contributed by atoms with Gasteiger partial charge in [0.2, 0.25) is 10.0 Å². The molecular weight excluding hydrogens is 589 g/mol. The van der Waals surface area contributed by atoms with Crippen molar-refractivity contribution in [1.82, 2.24) is 5.32 Å². The summed E-state index contributed by atoms with van der Waals surface area (Å²) in [4.78, 5) is 13.1. The quantitative estimate of drug-likeness (QED) is 0.254. The lowest BCUT2D eigenvalue weighted by molar-refractivity contribution is 0.00578. The Balaban J connectivity index is 1.51. The molecule has 1 N–H and O–H groups in total. The van der Waals surface area contributed by atoms with Crippen LogP contribution in [0.1, 0.15) is 62.4 Å². The highest BCUT2D eigenvalue weighted by Gasteiger charge is 2.52. The first-order valence-electron chi connectivity index (χ1n) is 14.3. The van der Waals surface area contributed by atoms with E-state index in [4.69, 9.17) is 13.7 Å².